The molecular weight excluding hydrogens is 393 g/mol. The molecule has 1 N–H and O–H groups in total. The van der Waals surface area contributed by atoms with Gasteiger partial charge in [0.2, 0.25) is 0 Å². The Kier molecular flexibility index (Phi) is 5.65. The Morgan fingerprint density at radius 2 is 1.77 bits per heavy atom. The first-order valence-electron chi connectivity index (χ1n) is 11.6. The first-order valence-corrected chi connectivity index (χ1v) is 11.6. The molecule has 2 fully saturated rings. The number of piperidine rings is 1. The Hall–Kier alpha value is -2.47. The zero-order valence-electron chi connectivity index (χ0n) is 17.9. The summed E-state index contributed by atoms with van der Waals surface area (Å²) in [6, 6.07) is 9.07. The second-order valence-electron chi connectivity index (χ2n) is 9.57. The second kappa shape index (κ2) is 8.58. The summed E-state index contributed by atoms with van der Waals surface area (Å²) in [6.45, 7) is 3.99. The molecule has 0 radical (unpaired) electrons. The number of nitrogens with zero attached hydrogens (tertiary/aromatic N) is 2. The van der Waals surface area contributed by atoms with Gasteiger partial charge in [-0.3, -0.25) is 9.59 Å². The lowest BCUT2D eigenvalue weighted by Crippen LogP contribution is -2.48. The first-order chi connectivity index (χ1) is 15.1. The molecule has 1 saturated carbocycles. The topological polar surface area (TPSA) is 54.3 Å². The summed E-state index contributed by atoms with van der Waals surface area (Å²) >= 11 is 0. The van der Waals surface area contributed by atoms with Gasteiger partial charge in [0, 0.05) is 43.4 Å². The lowest BCUT2D eigenvalue weighted by Gasteiger charge is -2.44. The third kappa shape index (κ3) is 4.31. The number of amides is 1. The van der Waals surface area contributed by atoms with Crippen molar-refractivity contribution in [2.24, 2.45) is 11.8 Å². The summed E-state index contributed by atoms with van der Waals surface area (Å²) in [7, 11) is 0. The number of fused-ring (bicyclic) bond motifs is 4. The molecule has 31 heavy (non-hydrogen) atoms. The van der Waals surface area contributed by atoms with Crippen LogP contribution in [0.5, 0.6) is 0 Å². The number of anilines is 1. The molecule has 6 heteroatoms. The van der Waals surface area contributed by atoms with Crippen molar-refractivity contribution in [2.75, 3.05) is 25.0 Å². The van der Waals surface area contributed by atoms with Crippen molar-refractivity contribution in [3.63, 3.8) is 0 Å². The molecule has 1 aliphatic carbocycles. The van der Waals surface area contributed by atoms with Crippen LogP contribution in [0.3, 0.4) is 0 Å². The van der Waals surface area contributed by atoms with E-state index >= 15 is 0 Å². The second-order valence-corrected chi connectivity index (χ2v) is 9.57. The van der Waals surface area contributed by atoms with Crippen LogP contribution in [0.4, 0.5) is 10.1 Å². The fraction of sp³-hybridized carbons (Fsp3) is 0.520. The summed E-state index contributed by atoms with van der Waals surface area (Å²) in [5, 5.41) is 2.72. The highest BCUT2D eigenvalue weighted by Gasteiger charge is 2.35. The highest BCUT2D eigenvalue weighted by molar-refractivity contribution is 6.04. The summed E-state index contributed by atoms with van der Waals surface area (Å²) in [5.41, 5.74) is 1.58. The molecule has 2 aliphatic heterocycles. The highest BCUT2D eigenvalue weighted by Crippen LogP contribution is 2.36. The minimum Gasteiger partial charge on any atom is -0.317 e. The summed E-state index contributed by atoms with van der Waals surface area (Å²) in [6.07, 6.45) is 7.99. The van der Waals surface area contributed by atoms with Crippen LogP contribution in [-0.4, -0.2) is 35.0 Å². The average molecular weight is 424 g/mol. The van der Waals surface area contributed by atoms with Gasteiger partial charge in [-0.25, -0.2) is 4.39 Å². The molecule has 5 nitrogen and oxygen atoms in total. The Labute approximate surface area is 182 Å². The Morgan fingerprint density at radius 3 is 2.55 bits per heavy atom. The van der Waals surface area contributed by atoms with Gasteiger partial charge in [0.15, 0.2) is 0 Å². The lowest BCUT2D eigenvalue weighted by atomic mass is 9.81. The SMILES string of the molecule is O=C(Nc1ccc2n(c1=O)C[C@H]1C[C@@H]2CN(CC2CCCCC2)C1)c1ccc(F)cc1. The molecule has 5 rings (SSSR count). The van der Waals surface area contributed by atoms with Crippen molar-refractivity contribution < 1.29 is 9.18 Å². The molecule has 1 aromatic carbocycles. The quantitative estimate of drug-likeness (QED) is 0.800. The number of pyridine rings is 1. The van der Waals surface area contributed by atoms with E-state index in [0.29, 0.717) is 23.9 Å². The Morgan fingerprint density at radius 1 is 1.00 bits per heavy atom. The predicted molar refractivity (Wildman–Crippen MR) is 119 cm³/mol. The number of aromatic nitrogens is 1. The van der Waals surface area contributed by atoms with Crippen molar-refractivity contribution in [1.82, 2.24) is 9.47 Å². The van der Waals surface area contributed by atoms with E-state index in [4.69, 9.17) is 0 Å². The number of carbonyl (C=O) groups is 1. The molecule has 2 bridgehead atoms. The van der Waals surface area contributed by atoms with E-state index in [-0.39, 0.29) is 11.2 Å². The van der Waals surface area contributed by atoms with E-state index < -0.39 is 11.7 Å². The first kappa shape index (κ1) is 20.4. The largest absolute Gasteiger partial charge is 0.317 e. The number of likely N-dealkylation sites (tertiary alicyclic amines) is 1. The summed E-state index contributed by atoms with van der Waals surface area (Å²) in [4.78, 5) is 28.3. The van der Waals surface area contributed by atoms with Crippen LogP contribution in [0.1, 0.15) is 60.5 Å². The maximum atomic E-state index is 13.1. The molecule has 3 aliphatic rings. The molecule has 3 heterocycles. The van der Waals surface area contributed by atoms with Crippen molar-refractivity contribution in [2.45, 2.75) is 51.0 Å². The number of rotatable bonds is 4. The maximum Gasteiger partial charge on any atom is 0.274 e. The van der Waals surface area contributed by atoms with Crippen LogP contribution in [0, 0.1) is 17.7 Å². The van der Waals surface area contributed by atoms with Gasteiger partial charge in [-0.1, -0.05) is 19.3 Å². The van der Waals surface area contributed by atoms with E-state index in [1.165, 1.54) is 62.9 Å². The van der Waals surface area contributed by atoms with E-state index in [9.17, 15) is 14.0 Å². The minimum absolute atomic E-state index is 0.136. The zero-order chi connectivity index (χ0) is 21.4. The van der Waals surface area contributed by atoms with E-state index in [2.05, 4.69) is 10.2 Å². The third-order valence-electron chi connectivity index (χ3n) is 7.28. The number of nitrogens with one attached hydrogen (secondary N) is 1. The number of halogens is 1. The van der Waals surface area contributed by atoms with Gasteiger partial charge in [0.05, 0.1) is 0 Å². The summed E-state index contributed by atoms with van der Waals surface area (Å²) in [5.74, 6) is 0.904. The normalized spacial score (nSPS) is 23.9. The van der Waals surface area contributed by atoms with Gasteiger partial charge in [-0.05, 0) is 67.5 Å². The molecule has 0 spiro atoms. The van der Waals surface area contributed by atoms with Crippen molar-refractivity contribution >= 4 is 11.6 Å². The van der Waals surface area contributed by atoms with Gasteiger partial charge in [-0.15, -0.1) is 0 Å². The van der Waals surface area contributed by atoms with Crippen LogP contribution >= 0.6 is 0 Å². The molecule has 2 atom stereocenters. The standard InChI is InChI=1S/C25H30FN3O2/c26-21-8-6-19(7-9-21)24(30)27-22-10-11-23-20-12-18(15-29(23)25(22)31)14-28(16-20)13-17-4-2-1-3-5-17/h6-11,17-18,20H,1-5,12-16H2,(H,27,30)/t18-,20+/m0/s1. The number of hydrogen-bond acceptors (Lipinski definition) is 3. The Balaban J connectivity index is 1.31. The van der Waals surface area contributed by atoms with Crippen molar-refractivity contribution in [3.8, 4) is 0 Å². The number of benzene rings is 1. The maximum absolute atomic E-state index is 13.1. The molecule has 1 aromatic heterocycles. The van der Waals surface area contributed by atoms with Gasteiger partial charge >= 0.3 is 0 Å². The zero-order valence-corrected chi connectivity index (χ0v) is 17.9. The summed E-state index contributed by atoms with van der Waals surface area (Å²) < 4.78 is 15.0. The van der Waals surface area contributed by atoms with Crippen LogP contribution in [-0.2, 0) is 6.54 Å². The molecule has 2 aromatic rings. The van der Waals surface area contributed by atoms with Crippen LogP contribution in [0.2, 0.25) is 0 Å². The smallest absolute Gasteiger partial charge is 0.274 e. The highest BCUT2D eigenvalue weighted by atomic mass is 19.1. The van der Waals surface area contributed by atoms with Gasteiger partial charge in [0.25, 0.3) is 11.5 Å². The molecule has 164 valence electrons. The monoisotopic (exact) mass is 423 g/mol. The molecule has 0 unspecified atom stereocenters. The van der Waals surface area contributed by atoms with Crippen molar-refractivity contribution in [1.29, 1.82) is 0 Å². The van der Waals surface area contributed by atoms with Crippen molar-refractivity contribution in [3.05, 3.63) is 63.8 Å². The van der Waals surface area contributed by atoms with Gasteiger partial charge < -0.3 is 14.8 Å². The molecule has 1 amide bonds. The van der Waals surface area contributed by atoms with Crippen LogP contribution in [0.25, 0.3) is 0 Å². The van der Waals surface area contributed by atoms with Crippen LogP contribution in [0.15, 0.2) is 41.2 Å². The fourth-order valence-corrected chi connectivity index (χ4v) is 5.82. The molecule has 1 saturated heterocycles. The predicted octanol–water partition coefficient (Wildman–Crippen LogP) is 4.24. The fourth-order valence-electron chi connectivity index (χ4n) is 5.82. The Bertz CT molecular complexity index is 1010. The number of hydrogen-bond donors (Lipinski definition) is 1. The van der Waals surface area contributed by atoms with E-state index in [1.54, 1.807) is 6.07 Å². The molecular formula is C25H30FN3O2. The van der Waals surface area contributed by atoms with Gasteiger partial charge in [0.1, 0.15) is 11.5 Å². The van der Waals surface area contributed by atoms with E-state index in [1.807, 2.05) is 10.6 Å². The lowest BCUT2D eigenvalue weighted by molar-refractivity contribution is 0.0967. The van der Waals surface area contributed by atoms with Crippen LogP contribution < -0.4 is 10.9 Å². The minimum atomic E-state index is -0.396. The van der Waals surface area contributed by atoms with E-state index in [0.717, 1.165) is 31.1 Å². The number of carbonyl (C=O) groups excluding carboxylic acids is 1. The third-order valence-corrected chi connectivity index (χ3v) is 7.28. The van der Waals surface area contributed by atoms with Gasteiger partial charge in [-0.2, -0.15) is 0 Å². The average Bonchev–Trinajstić information content (AvgIpc) is 2.77.